The molecule has 0 spiro atoms. The molecule has 0 aromatic heterocycles. The lowest BCUT2D eigenvalue weighted by Gasteiger charge is -2.31. The molecule has 4 rings (SSSR count). The maximum atomic E-state index is 15.0. The van der Waals surface area contributed by atoms with Crippen LogP contribution in [0.25, 0.3) is 0 Å². The second-order valence-electron chi connectivity index (χ2n) is 8.55. The zero-order chi connectivity index (χ0) is 20.5. The number of hydrogen-bond acceptors (Lipinski definition) is 4. The number of cyclic esters (lactones) is 1. The minimum atomic E-state index is -0.499. The summed E-state index contributed by atoms with van der Waals surface area (Å²) in [6.07, 6.45) is 5.23. The van der Waals surface area contributed by atoms with Gasteiger partial charge in [0.2, 0.25) is 5.91 Å². The number of nitrogens with zero attached hydrogens (tertiary/aromatic N) is 2. The monoisotopic (exact) mass is 403 g/mol. The molecule has 2 amide bonds. The van der Waals surface area contributed by atoms with E-state index in [1.54, 1.807) is 12.1 Å². The molecular formula is C22H30FN3O3. The number of anilines is 2. The predicted octanol–water partition coefficient (Wildman–Crippen LogP) is 3.83. The summed E-state index contributed by atoms with van der Waals surface area (Å²) in [5.41, 5.74) is 1.10. The lowest BCUT2D eigenvalue weighted by atomic mass is 10.1. The molecule has 1 aliphatic carbocycles. The van der Waals surface area contributed by atoms with Crippen LogP contribution in [0.5, 0.6) is 0 Å². The van der Waals surface area contributed by atoms with Crippen molar-refractivity contribution in [3.8, 4) is 0 Å². The molecule has 2 heterocycles. The first-order valence-corrected chi connectivity index (χ1v) is 10.8. The average Bonchev–Trinajstić information content (AvgIpc) is 3.40. The third-order valence-electron chi connectivity index (χ3n) is 6.26. The summed E-state index contributed by atoms with van der Waals surface area (Å²) >= 11 is 0. The van der Waals surface area contributed by atoms with Crippen LogP contribution in [-0.2, 0) is 9.53 Å². The number of nitrogens with one attached hydrogen (secondary N) is 1. The molecule has 2 aliphatic heterocycles. The molecule has 1 aromatic rings. The summed E-state index contributed by atoms with van der Waals surface area (Å²) < 4.78 is 20.4. The Morgan fingerprint density at radius 2 is 2.07 bits per heavy atom. The van der Waals surface area contributed by atoms with Gasteiger partial charge in [0.1, 0.15) is 11.9 Å². The second-order valence-corrected chi connectivity index (χ2v) is 8.55. The number of halogens is 1. The Labute approximate surface area is 171 Å². The number of carbonyl (C=O) groups is 2. The van der Waals surface area contributed by atoms with Crippen molar-refractivity contribution in [2.75, 3.05) is 22.9 Å². The molecule has 0 bridgehead atoms. The van der Waals surface area contributed by atoms with Gasteiger partial charge in [-0.15, -0.1) is 0 Å². The zero-order valence-electron chi connectivity index (χ0n) is 17.2. The molecule has 29 heavy (non-hydrogen) atoms. The van der Waals surface area contributed by atoms with E-state index in [0.29, 0.717) is 36.5 Å². The van der Waals surface area contributed by atoms with Crippen molar-refractivity contribution in [1.82, 2.24) is 5.32 Å². The molecule has 0 radical (unpaired) electrons. The lowest BCUT2D eigenvalue weighted by molar-refractivity contribution is -0.122. The van der Waals surface area contributed by atoms with Crippen molar-refractivity contribution in [3.63, 3.8) is 0 Å². The fraction of sp³-hybridized carbons (Fsp3) is 0.636. The third-order valence-corrected chi connectivity index (χ3v) is 6.26. The maximum absolute atomic E-state index is 15.0. The Morgan fingerprint density at radius 3 is 2.76 bits per heavy atom. The van der Waals surface area contributed by atoms with Crippen LogP contribution in [0.3, 0.4) is 0 Å². The van der Waals surface area contributed by atoms with Crippen LogP contribution in [0.1, 0.15) is 52.4 Å². The van der Waals surface area contributed by atoms with Crippen LogP contribution in [0, 0.1) is 11.7 Å². The number of ether oxygens (including phenoxy) is 1. The van der Waals surface area contributed by atoms with Crippen molar-refractivity contribution in [2.45, 2.75) is 70.6 Å². The molecule has 1 saturated carbocycles. The first-order chi connectivity index (χ1) is 14.0. The van der Waals surface area contributed by atoms with Crippen LogP contribution in [0.2, 0.25) is 0 Å². The first-order valence-electron chi connectivity index (χ1n) is 10.8. The minimum Gasteiger partial charge on any atom is -0.442 e. The van der Waals surface area contributed by atoms with E-state index in [1.165, 1.54) is 11.0 Å². The normalized spacial score (nSPS) is 26.7. The third kappa shape index (κ3) is 4.19. The number of amides is 2. The van der Waals surface area contributed by atoms with Crippen molar-refractivity contribution >= 4 is 23.4 Å². The summed E-state index contributed by atoms with van der Waals surface area (Å²) in [4.78, 5) is 27.7. The Kier molecular flexibility index (Phi) is 5.65. The Morgan fingerprint density at radius 1 is 1.28 bits per heavy atom. The number of carbonyl (C=O) groups excluding carboxylic acids is 2. The van der Waals surface area contributed by atoms with E-state index in [4.69, 9.17) is 4.74 Å². The summed E-state index contributed by atoms with van der Waals surface area (Å²) in [6, 6.07) is 5.67. The molecule has 6 nitrogen and oxygen atoms in total. The van der Waals surface area contributed by atoms with E-state index in [2.05, 4.69) is 24.1 Å². The standard InChI is InChI=1S/C22H30FN3O3/c1-3-4-16-8-5-14(2)26(16)20-10-9-17(11-19(20)23)25-13-18(29-22(25)28)12-24-21(27)15-6-7-15/h9-11,14-16,18H,3-8,12-13H2,1-2H3,(H,24,27)/t14?,16?,18-/m0/s1. The van der Waals surface area contributed by atoms with Gasteiger partial charge in [0.05, 0.1) is 24.5 Å². The van der Waals surface area contributed by atoms with Crippen LogP contribution in [0.4, 0.5) is 20.6 Å². The van der Waals surface area contributed by atoms with E-state index in [9.17, 15) is 9.59 Å². The van der Waals surface area contributed by atoms with Crippen LogP contribution >= 0.6 is 0 Å². The quantitative estimate of drug-likeness (QED) is 0.752. The van der Waals surface area contributed by atoms with Crippen molar-refractivity contribution in [3.05, 3.63) is 24.0 Å². The lowest BCUT2D eigenvalue weighted by Crippen LogP contribution is -2.36. The Balaban J connectivity index is 1.43. The van der Waals surface area contributed by atoms with Gasteiger partial charge in [-0.05, 0) is 57.2 Å². The fourth-order valence-corrected chi connectivity index (χ4v) is 4.54. The smallest absolute Gasteiger partial charge is 0.414 e. The Hall–Kier alpha value is -2.31. The van der Waals surface area contributed by atoms with E-state index >= 15 is 4.39 Å². The highest BCUT2D eigenvalue weighted by Gasteiger charge is 2.36. The molecule has 3 atom stereocenters. The van der Waals surface area contributed by atoms with E-state index < -0.39 is 12.2 Å². The molecule has 7 heteroatoms. The van der Waals surface area contributed by atoms with E-state index in [-0.39, 0.29) is 17.6 Å². The molecule has 2 saturated heterocycles. The summed E-state index contributed by atoms with van der Waals surface area (Å²) in [7, 11) is 0. The highest BCUT2D eigenvalue weighted by Crippen LogP contribution is 2.36. The van der Waals surface area contributed by atoms with Gasteiger partial charge in [-0.25, -0.2) is 9.18 Å². The van der Waals surface area contributed by atoms with E-state index in [1.807, 2.05) is 0 Å². The van der Waals surface area contributed by atoms with Crippen LogP contribution in [-0.4, -0.2) is 43.3 Å². The molecule has 1 aromatic carbocycles. The molecule has 3 fully saturated rings. The molecule has 158 valence electrons. The van der Waals surface area contributed by atoms with Crippen LogP contribution < -0.4 is 15.1 Å². The van der Waals surface area contributed by atoms with Gasteiger partial charge >= 0.3 is 6.09 Å². The molecule has 1 N–H and O–H groups in total. The molecular weight excluding hydrogens is 373 g/mol. The van der Waals surface area contributed by atoms with Crippen molar-refractivity contribution < 1.29 is 18.7 Å². The first kappa shape index (κ1) is 20.0. The molecule has 3 aliphatic rings. The highest BCUT2D eigenvalue weighted by molar-refractivity contribution is 5.90. The number of hydrogen-bond donors (Lipinski definition) is 1. The molecule has 2 unspecified atom stereocenters. The van der Waals surface area contributed by atoms with Gasteiger partial charge < -0.3 is 15.0 Å². The topological polar surface area (TPSA) is 61.9 Å². The van der Waals surface area contributed by atoms with Gasteiger partial charge in [-0.2, -0.15) is 0 Å². The van der Waals surface area contributed by atoms with Gasteiger partial charge in [0.25, 0.3) is 0 Å². The van der Waals surface area contributed by atoms with Gasteiger partial charge in [-0.3, -0.25) is 9.69 Å². The Bertz CT molecular complexity index is 781. The van der Waals surface area contributed by atoms with Gasteiger partial charge in [0, 0.05) is 18.0 Å². The minimum absolute atomic E-state index is 0.0243. The zero-order valence-corrected chi connectivity index (χ0v) is 17.2. The predicted molar refractivity (Wildman–Crippen MR) is 110 cm³/mol. The maximum Gasteiger partial charge on any atom is 0.414 e. The largest absolute Gasteiger partial charge is 0.442 e. The van der Waals surface area contributed by atoms with E-state index in [0.717, 1.165) is 38.5 Å². The average molecular weight is 403 g/mol. The summed E-state index contributed by atoms with van der Waals surface area (Å²) in [5.74, 6) is -0.165. The van der Waals surface area contributed by atoms with Gasteiger partial charge in [0.15, 0.2) is 0 Å². The highest BCUT2D eigenvalue weighted by atomic mass is 19.1. The number of benzene rings is 1. The number of rotatable bonds is 7. The fourth-order valence-electron chi connectivity index (χ4n) is 4.54. The second kappa shape index (κ2) is 8.20. The SMILES string of the molecule is CCCC1CCC(C)N1c1ccc(N2C[C@H](CNC(=O)C3CC3)OC2=O)cc1F. The van der Waals surface area contributed by atoms with Gasteiger partial charge in [-0.1, -0.05) is 13.3 Å². The van der Waals surface area contributed by atoms with Crippen molar-refractivity contribution in [2.24, 2.45) is 5.92 Å². The van der Waals surface area contributed by atoms with Crippen molar-refractivity contribution in [1.29, 1.82) is 0 Å². The van der Waals surface area contributed by atoms with Crippen LogP contribution in [0.15, 0.2) is 18.2 Å². The summed E-state index contributed by atoms with van der Waals surface area (Å²) in [5, 5.41) is 2.83. The summed E-state index contributed by atoms with van der Waals surface area (Å²) in [6.45, 7) is 4.90.